The van der Waals surface area contributed by atoms with Crippen LogP contribution in [-0.4, -0.2) is 39.6 Å². The SMILES string of the molecule is CCCCCCCOc1cc(-c2scc3c2OCCO3)c(OCCCCCCC)cc1-c1scc2c1OCCO2. The maximum absolute atomic E-state index is 6.53. The zero-order valence-electron chi connectivity index (χ0n) is 23.9. The van der Waals surface area contributed by atoms with Gasteiger partial charge < -0.3 is 28.4 Å². The van der Waals surface area contributed by atoms with Crippen LogP contribution >= 0.6 is 22.7 Å². The van der Waals surface area contributed by atoms with Gasteiger partial charge in [0.25, 0.3) is 0 Å². The number of benzene rings is 1. The molecule has 0 saturated carbocycles. The van der Waals surface area contributed by atoms with Crippen LogP contribution in [0.1, 0.15) is 78.1 Å². The van der Waals surface area contributed by atoms with E-state index in [4.69, 9.17) is 28.4 Å². The molecular formula is C32H42O6S2. The Morgan fingerprint density at radius 1 is 0.575 bits per heavy atom. The van der Waals surface area contributed by atoms with Crippen LogP contribution in [0.25, 0.3) is 20.9 Å². The molecule has 6 nitrogen and oxygen atoms in total. The van der Waals surface area contributed by atoms with Crippen LogP contribution < -0.4 is 28.4 Å². The van der Waals surface area contributed by atoms with Gasteiger partial charge in [-0.15, -0.1) is 22.7 Å². The minimum Gasteiger partial charge on any atom is -0.493 e. The number of fused-ring (bicyclic) bond motifs is 2. The van der Waals surface area contributed by atoms with E-state index in [0.29, 0.717) is 39.6 Å². The van der Waals surface area contributed by atoms with Gasteiger partial charge in [-0.25, -0.2) is 0 Å². The van der Waals surface area contributed by atoms with Crippen LogP contribution in [-0.2, 0) is 0 Å². The lowest BCUT2D eigenvalue weighted by Gasteiger charge is -2.21. The summed E-state index contributed by atoms with van der Waals surface area (Å²) in [6.45, 7) is 8.05. The molecule has 2 aliphatic heterocycles. The van der Waals surface area contributed by atoms with E-state index in [0.717, 1.165) is 68.2 Å². The van der Waals surface area contributed by atoms with Gasteiger partial charge in [0.1, 0.15) is 37.9 Å². The fourth-order valence-corrected chi connectivity index (χ4v) is 6.93. The minimum absolute atomic E-state index is 0.544. The van der Waals surface area contributed by atoms with E-state index >= 15 is 0 Å². The summed E-state index contributed by atoms with van der Waals surface area (Å²) >= 11 is 3.26. The Kier molecular flexibility index (Phi) is 10.8. The van der Waals surface area contributed by atoms with E-state index in [1.807, 2.05) is 10.8 Å². The number of rotatable bonds is 16. The highest BCUT2D eigenvalue weighted by Gasteiger charge is 2.27. The molecule has 0 aliphatic carbocycles. The van der Waals surface area contributed by atoms with Gasteiger partial charge in [-0.1, -0.05) is 65.2 Å². The third kappa shape index (κ3) is 7.00. The van der Waals surface area contributed by atoms with Crippen molar-refractivity contribution in [3.8, 4) is 55.4 Å². The molecule has 0 amide bonds. The number of hydrogen-bond acceptors (Lipinski definition) is 8. The van der Waals surface area contributed by atoms with E-state index in [1.165, 1.54) is 51.4 Å². The van der Waals surface area contributed by atoms with Crippen molar-refractivity contribution in [1.82, 2.24) is 0 Å². The Morgan fingerprint density at radius 3 is 1.45 bits per heavy atom. The summed E-state index contributed by atoms with van der Waals surface area (Å²) in [5.41, 5.74) is 1.97. The molecule has 0 fully saturated rings. The number of unbranched alkanes of at least 4 members (excludes halogenated alkanes) is 8. The van der Waals surface area contributed by atoms with Crippen LogP contribution in [0.5, 0.6) is 34.5 Å². The molecule has 2 aliphatic rings. The molecule has 40 heavy (non-hydrogen) atoms. The Hall–Kier alpha value is -2.58. The summed E-state index contributed by atoms with van der Waals surface area (Å²) in [5, 5.41) is 4.06. The highest BCUT2D eigenvalue weighted by atomic mass is 32.1. The molecule has 2 aromatic heterocycles. The molecule has 0 saturated heterocycles. The fourth-order valence-electron chi connectivity index (χ4n) is 5.03. The number of ether oxygens (including phenoxy) is 6. The third-order valence-corrected chi connectivity index (χ3v) is 9.13. The van der Waals surface area contributed by atoms with Crippen LogP contribution in [0.15, 0.2) is 22.9 Å². The zero-order chi connectivity index (χ0) is 27.6. The molecule has 0 bridgehead atoms. The smallest absolute Gasteiger partial charge is 0.180 e. The quantitative estimate of drug-likeness (QED) is 0.156. The van der Waals surface area contributed by atoms with Crippen LogP contribution in [0, 0.1) is 0 Å². The molecule has 0 atom stereocenters. The second-order valence-corrected chi connectivity index (χ2v) is 12.0. The predicted molar refractivity (Wildman–Crippen MR) is 164 cm³/mol. The van der Waals surface area contributed by atoms with Gasteiger partial charge in [0.2, 0.25) is 0 Å². The van der Waals surface area contributed by atoms with Crippen molar-refractivity contribution in [3.63, 3.8) is 0 Å². The average Bonchev–Trinajstić information content (AvgIpc) is 3.61. The zero-order valence-corrected chi connectivity index (χ0v) is 25.5. The van der Waals surface area contributed by atoms with Crippen molar-refractivity contribution in [2.75, 3.05) is 39.6 Å². The molecule has 4 heterocycles. The molecule has 0 N–H and O–H groups in total. The van der Waals surface area contributed by atoms with E-state index in [-0.39, 0.29) is 0 Å². The van der Waals surface area contributed by atoms with Gasteiger partial charge in [-0.3, -0.25) is 0 Å². The topological polar surface area (TPSA) is 55.4 Å². The lowest BCUT2D eigenvalue weighted by atomic mass is 10.0. The largest absolute Gasteiger partial charge is 0.493 e. The number of hydrogen-bond donors (Lipinski definition) is 0. The Balaban J connectivity index is 1.49. The Morgan fingerprint density at radius 2 is 1.00 bits per heavy atom. The van der Waals surface area contributed by atoms with Gasteiger partial charge in [-0.2, -0.15) is 0 Å². The molecule has 5 rings (SSSR count). The van der Waals surface area contributed by atoms with Gasteiger partial charge in [0.05, 0.1) is 23.0 Å². The summed E-state index contributed by atoms with van der Waals surface area (Å²) in [7, 11) is 0. The lowest BCUT2D eigenvalue weighted by Crippen LogP contribution is -2.14. The van der Waals surface area contributed by atoms with Crippen molar-refractivity contribution in [1.29, 1.82) is 0 Å². The van der Waals surface area contributed by atoms with E-state index in [2.05, 4.69) is 26.0 Å². The van der Waals surface area contributed by atoms with Gasteiger partial charge >= 0.3 is 0 Å². The maximum Gasteiger partial charge on any atom is 0.180 e. The van der Waals surface area contributed by atoms with E-state index < -0.39 is 0 Å². The highest BCUT2D eigenvalue weighted by Crippen LogP contribution is 2.54. The van der Waals surface area contributed by atoms with Crippen molar-refractivity contribution >= 4 is 22.7 Å². The molecule has 0 spiro atoms. The fraction of sp³-hybridized carbons (Fsp3) is 0.562. The van der Waals surface area contributed by atoms with Crippen molar-refractivity contribution in [3.05, 3.63) is 22.9 Å². The van der Waals surface area contributed by atoms with Crippen LogP contribution in [0.2, 0.25) is 0 Å². The first kappa shape index (κ1) is 28.9. The van der Waals surface area contributed by atoms with Gasteiger partial charge in [-0.05, 0) is 25.0 Å². The maximum atomic E-state index is 6.53. The first-order valence-electron chi connectivity index (χ1n) is 15.0. The second-order valence-electron chi connectivity index (χ2n) is 10.3. The summed E-state index contributed by atoms with van der Waals surface area (Å²) in [5.74, 6) is 4.87. The summed E-state index contributed by atoms with van der Waals surface area (Å²) < 4.78 is 37.0. The molecule has 8 heteroatoms. The van der Waals surface area contributed by atoms with Crippen molar-refractivity contribution < 1.29 is 28.4 Å². The Labute approximate surface area is 246 Å². The lowest BCUT2D eigenvalue weighted by molar-refractivity contribution is 0.174. The first-order valence-corrected chi connectivity index (χ1v) is 16.7. The molecule has 0 unspecified atom stereocenters. The van der Waals surface area contributed by atoms with E-state index in [1.54, 1.807) is 22.7 Å². The molecule has 3 aromatic rings. The van der Waals surface area contributed by atoms with Crippen LogP contribution in [0.3, 0.4) is 0 Å². The predicted octanol–water partition coefficient (Wildman–Crippen LogP) is 9.38. The molecule has 1 aromatic carbocycles. The normalized spacial score (nSPS) is 13.8. The highest BCUT2D eigenvalue weighted by molar-refractivity contribution is 7.14. The van der Waals surface area contributed by atoms with Crippen molar-refractivity contribution in [2.24, 2.45) is 0 Å². The summed E-state index contributed by atoms with van der Waals surface area (Å²) in [4.78, 5) is 2.03. The minimum atomic E-state index is 0.544. The Bertz CT molecular complexity index is 1120. The van der Waals surface area contributed by atoms with Gasteiger partial charge in [0, 0.05) is 21.9 Å². The molecule has 0 radical (unpaired) electrons. The summed E-state index contributed by atoms with van der Waals surface area (Å²) in [6, 6.07) is 4.27. The third-order valence-electron chi connectivity index (χ3n) is 7.18. The monoisotopic (exact) mass is 586 g/mol. The van der Waals surface area contributed by atoms with Crippen LogP contribution in [0.4, 0.5) is 0 Å². The molecule has 218 valence electrons. The van der Waals surface area contributed by atoms with Gasteiger partial charge in [0.15, 0.2) is 23.0 Å². The number of thiophene rings is 2. The molecular weight excluding hydrogens is 544 g/mol. The first-order chi connectivity index (χ1) is 19.8. The van der Waals surface area contributed by atoms with E-state index in [9.17, 15) is 0 Å². The standard InChI is InChI=1S/C32H42O6S2/c1-3-5-7-9-11-13-33-25-19-24(32-30-28(22-40-32)36-16-18-38-30)26(34-14-12-10-8-6-4-2)20-23(25)31-29-27(21-39-31)35-15-17-37-29/h19-22H,3-18H2,1-2H3. The summed E-state index contributed by atoms with van der Waals surface area (Å²) in [6.07, 6.45) is 11.9. The second kappa shape index (κ2) is 14.9. The van der Waals surface area contributed by atoms with Crippen molar-refractivity contribution in [2.45, 2.75) is 78.1 Å². The average molecular weight is 587 g/mol.